The number of primary amides is 2. The largest absolute Gasteiger partial charge is 0.550 e. The molecule has 0 bridgehead atoms. The second kappa shape index (κ2) is 31.3. The number of carboxylic acids is 3. The van der Waals surface area contributed by atoms with Gasteiger partial charge in [0.15, 0.2) is 32.5 Å². The molecule has 2 aromatic heterocycles. The Kier molecular flexibility index (Phi) is 25.2. The van der Waals surface area contributed by atoms with E-state index in [0.29, 0.717) is 47.7 Å². The number of carbonyl (C=O) groups is 7. The molecule has 0 saturated heterocycles. The highest BCUT2D eigenvalue weighted by atomic mass is 79.9. The Balaban J connectivity index is 0.000000294. The number of carboxylic acid groups (broad SMARTS) is 3. The van der Waals surface area contributed by atoms with Crippen molar-refractivity contribution in [2.75, 3.05) is 19.8 Å². The summed E-state index contributed by atoms with van der Waals surface area (Å²) in [6, 6.07) is 17.2. The Morgan fingerprint density at radius 2 is 1.05 bits per heavy atom. The molecular weight excluding hydrogens is 1230 g/mol. The lowest BCUT2D eigenvalue weighted by atomic mass is 10.1. The summed E-state index contributed by atoms with van der Waals surface area (Å²) >= 11 is 6.51. The molecule has 0 saturated carbocycles. The molecular formula is C53H52Br2F4N7O16-. The predicted octanol–water partition coefficient (Wildman–Crippen LogP) is 6.86. The maximum Gasteiger partial charge on any atom is 0.320 e. The monoisotopic (exact) mass is 1280 g/mol. The molecule has 3 atom stereocenters. The van der Waals surface area contributed by atoms with Gasteiger partial charge in [-0.25, -0.2) is 27.5 Å². The van der Waals surface area contributed by atoms with Gasteiger partial charge >= 0.3 is 23.9 Å². The van der Waals surface area contributed by atoms with Crippen LogP contribution in [0.25, 0.3) is 22.5 Å². The maximum absolute atomic E-state index is 14.8. The second-order valence-corrected chi connectivity index (χ2v) is 18.7. The second-order valence-electron chi connectivity index (χ2n) is 17.2. The number of amides is 2. The molecule has 10 N–H and O–H groups in total. The predicted molar refractivity (Wildman–Crippen MR) is 285 cm³/mol. The average Bonchev–Trinajstić information content (AvgIpc) is 4.20. The summed E-state index contributed by atoms with van der Waals surface area (Å²) in [7, 11) is 0. The van der Waals surface area contributed by atoms with E-state index in [1.165, 1.54) is 0 Å². The molecule has 0 radical (unpaired) electrons. The molecule has 4 aromatic carbocycles. The van der Waals surface area contributed by atoms with Gasteiger partial charge < -0.3 is 70.8 Å². The molecule has 0 aliphatic carbocycles. The van der Waals surface area contributed by atoms with Crippen molar-refractivity contribution in [1.29, 1.82) is 0 Å². The Morgan fingerprint density at radius 3 is 1.40 bits per heavy atom. The first-order chi connectivity index (χ1) is 38.7. The van der Waals surface area contributed by atoms with Crippen LogP contribution in [0.15, 0.2) is 96.0 Å². The van der Waals surface area contributed by atoms with E-state index in [1.807, 2.05) is 38.1 Å². The fourth-order valence-electron chi connectivity index (χ4n) is 6.59. The maximum atomic E-state index is 14.8. The number of esters is 2. The first kappa shape index (κ1) is 65.8. The van der Waals surface area contributed by atoms with Gasteiger partial charge in [0.05, 0.1) is 25.1 Å². The molecule has 2 heterocycles. The van der Waals surface area contributed by atoms with Gasteiger partial charge in [0, 0.05) is 23.6 Å². The normalized spacial score (nSPS) is 12.0. The van der Waals surface area contributed by atoms with E-state index >= 15 is 0 Å². The van der Waals surface area contributed by atoms with Crippen LogP contribution in [0.3, 0.4) is 0 Å². The third-order valence-electron chi connectivity index (χ3n) is 10.8. The number of aromatic nitrogens is 2. The number of hydrogen-bond donors (Lipinski definition) is 6. The van der Waals surface area contributed by atoms with E-state index in [1.54, 1.807) is 31.2 Å². The molecule has 0 spiro atoms. The number of rotatable bonds is 25. The lowest BCUT2D eigenvalue weighted by Gasteiger charge is -2.17. The number of oxazole rings is 2. The van der Waals surface area contributed by atoms with Crippen LogP contribution in [0, 0.1) is 37.1 Å². The molecule has 23 nitrogen and oxygen atoms in total. The number of nitrogens with zero attached hydrogens (tertiary/aromatic N) is 3. The smallest absolute Gasteiger partial charge is 0.320 e. The van der Waals surface area contributed by atoms with Crippen LogP contribution in [0.1, 0.15) is 101 Å². The number of aliphatic carboxylic acids is 3. The van der Waals surface area contributed by atoms with Crippen molar-refractivity contribution in [1.82, 2.24) is 9.97 Å². The van der Waals surface area contributed by atoms with Crippen LogP contribution in [-0.2, 0) is 33.4 Å². The number of aryl methyl sites for hydroxylation is 2. The van der Waals surface area contributed by atoms with Crippen molar-refractivity contribution in [3.63, 3.8) is 0 Å². The third-order valence-corrected chi connectivity index (χ3v) is 11.8. The van der Waals surface area contributed by atoms with Gasteiger partial charge in [-0.1, -0.05) is 59.7 Å². The Morgan fingerprint density at radius 1 is 0.646 bits per heavy atom. The molecule has 6 rings (SSSR count). The SMILES string of the molecule is CC(N)=NCCCC(N)C(=O)O.Cc1ccc(-c2nc([C@@H](COC(=O)CCC(=O)O)Oc3ccc(F)c(C(N)=O)c3F)oc2Br)cc1.Cc1ccc(-c2nc([C@@H](COC(=O)CCC(=O)[O-])Oc3ccc(F)c(C(N)=O)c3F)oc2Br)cc1. The summed E-state index contributed by atoms with van der Waals surface area (Å²) in [6.07, 6.45) is -3.53. The Labute approximate surface area is 480 Å². The topological polar surface area (TPSA) is 388 Å². The van der Waals surface area contributed by atoms with E-state index in [9.17, 15) is 56.2 Å². The summed E-state index contributed by atoms with van der Waals surface area (Å²) in [5.41, 5.74) is 22.7. The van der Waals surface area contributed by atoms with E-state index in [0.717, 1.165) is 35.4 Å². The van der Waals surface area contributed by atoms with Crippen LogP contribution in [0.4, 0.5) is 17.6 Å². The van der Waals surface area contributed by atoms with Gasteiger partial charge in [0.25, 0.3) is 11.8 Å². The van der Waals surface area contributed by atoms with Crippen LogP contribution >= 0.6 is 31.9 Å². The van der Waals surface area contributed by atoms with Crippen LogP contribution in [-0.4, -0.2) is 93.5 Å². The quantitative estimate of drug-likeness (QED) is 0.0112. The zero-order chi connectivity index (χ0) is 61.0. The van der Waals surface area contributed by atoms with Crippen LogP contribution in [0.2, 0.25) is 0 Å². The first-order valence-corrected chi connectivity index (χ1v) is 25.6. The van der Waals surface area contributed by atoms with Gasteiger partial charge in [-0.2, -0.15) is 0 Å². The van der Waals surface area contributed by atoms with Crippen LogP contribution < -0.4 is 37.5 Å². The molecule has 6 aromatic rings. The van der Waals surface area contributed by atoms with E-state index in [4.69, 9.17) is 60.9 Å². The summed E-state index contributed by atoms with van der Waals surface area (Å²) in [5, 5.41) is 27.7. The van der Waals surface area contributed by atoms with Gasteiger partial charge in [-0.3, -0.25) is 33.8 Å². The van der Waals surface area contributed by atoms with Crippen molar-refractivity contribution in [3.8, 4) is 34.0 Å². The Hall–Kier alpha value is -8.70. The number of halogens is 6. The molecule has 2 amide bonds. The molecule has 0 fully saturated rings. The number of carbonyl (C=O) groups excluding carboxylic acids is 5. The molecule has 438 valence electrons. The zero-order valence-corrected chi connectivity index (χ0v) is 46.7. The first-order valence-electron chi connectivity index (χ1n) is 24.0. The van der Waals surface area contributed by atoms with Crippen molar-refractivity contribution < 1.29 is 94.2 Å². The van der Waals surface area contributed by atoms with Gasteiger partial charge in [-0.15, -0.1) is 0 Å². The average molecular weight is 1280 g/mol. The highest BCUT2D eigenvalue weighted by molar-refractivity contribution is 9.10. The molecule has 0 aliphatic rings. The van der Waals surface area contributed by atoms with Gasteiger partial charge in [0.2, 0.25) is 24.0 Å². The van der Waals surface area contributed by atoms with E-state index in [2.05, 4.69) is 46.8 Å². The number of benzene rings is 4. The molecule has 82 heavy (non-hydrogen) atoms. The standard InChI is InChI=1S/2C23H19BrF2N2O7.C7H15N3O2/c2*1-11-2-4-12(5-3-11)20-21(24)35-23(28-20)15(10-33-17(31)9-8-16(29)30)34-14-7-6-13(25)18(19(14)26)22(27)32;1-5(8)10-4-2-3-6(9)7(11)12/h2*2-7,15H,8-10H2,1H3,(H2,27,32)(H,29,30);6H,2-4,9H2,1H3,(H2,8,10)(H,11,12)/p-1/t2*15-;/m11./s1. The van der Waals surface area contributed by atoms with Crippen molar-refractivity contribution >= 4 is 79.4 Å². The highest BCUT2D eigenvalue weighted by Gasteiger charge is 2.30. The lowest BCUT2D eigenvalue weighted by molar-refractivity contribution is -0.305. The third kappa shape index (κ3) is 20.1. The number of amidine groups is 1. The fourth-order valence-corrected chi connectivity index (χ4v) is 7.56. The Bertz CT molecular complexity index is 3090. The van der Waals surface area contributed by atoms with Crippen LogP contribution in [0.5, 0.6) is 11.5 Å². The summed E-state index contributed by atoms with van der Waals surface area (Å²) in [5.74, 6) is -14.1. The van der Waals surface area contributed by atoms with Crippen molar-refractivity contribution in [2.24, 2.45) is 27.9 Å². The lowest BCUT2D eigenvalue weighted by Crippen LogP contribution is -2.30. The molecule has 29 heteroatoms. The van der Waals surface area contributed by atoms with Crippen molar-refractivity contribution in [2.45, 2.75) is 77.5 Å². The zero-order valence-electron chi connectivity index (χ0n) is 43.6. The number of ether oxygens (including phenoxy) is 4. The summed E-state index contributed by atoms with van der Waals surface area (Å²) < 4.78 is 90.1. The fraction of sp³-hybridized carbons (Fsp3) is 0.283. The van der Waals surface area contributed by atoms with Gasteiger partial charge in [-0.05, 0) is 96.2 Å². The number of aliphatic imine (C=N–C) groups is 1. The summed E-state index contributed by atoms with van der Waals surface area (Å²) in [4.78, 5) is 90.8. The number of nitrogens with two attached hydrogens (primary N) is 4. The minimum Gasteiger partial charge on any atom is -0.550 e. The molecule has 0 aliphatic heterocycles. The van der Waals surface area contributed by atoms with Crippen molar-refractivity contribution in [3.05, 3.63) is 139 Å². The minimum atomic E-state index is -1.44. The van der Waals surface area contributed by atoms with E-state index < -0.39 is 145 Å². The molecule has 1 unspecified atom stereocenters. The van der Waals surface area contributed by atoms with Gasteiger partial charge in [0.1, 0.15) is 53.4 Å². The highest BCUT2D eigenvalue weighted by Crippen LogP contribution is 2.36. The number of hydrogen-bond acceptors (Lipinski definition) is 18. The van der Waals surface area contributed by atoms with E-state index in [-0.39, 0.29) is 21.1 Å². The minimum absolute atomic E-state index is 0.136. The summed E-state index contributed by atoms with van der Waals surface area (Å²) in [6.45, 7) is 4.92.